The van der Waals surface area contributed by atoms with Crippen molar-refractivity contribution in [3.05, 3.63) is 84.0 Å². The van der Waals surface area contributed by atoms with E-state index in [1.165, 1.54) is 11.1 Å². The normalized spacial score (nSPS) is 21.1. The molecule has 2 heterocycles. The molecule has 0 spiro atoms. The average Bonchev–Trinajstić information content (AvgIpc) is 2.86. The number of primary sulfonamides is 1. The third-order valence-corrected chi connectivity index (χ3v) is 7.49. The maximum atomic E-state index is 11.4. The number of nitrogens with zero attached hydrogens (tertiary/aromatic N) is 2. The zero-order valence-electron chi connectivity index (χ0n) is 21.1. The Morgan fingerprint density at radius 2 is 1.71 bits per heavy atom. The monoisotopic (exact) mass is 497 g/mol. The summed E-state index contributed by atoms with van der Waals surface area (Å²) in [4.78, 5) is 4.98. The fourth-order valence-corrected chi connectivity index (χ4v) is 5.15. The van der Waals surface area contributed by atoms with Crippen LogP contribution in [0.5, 0.6) is 0 Å². The Hall–Kier alpha value is -2.45. The second-order valence-electron chi connectivity index (χ2n) is 9.02. The lowest BCUT2D eigenvalue weighted by atomic mass is 9.95. The van der Waals surface area contributed by atoms with Gasteiger partial charge in [-0.25, -0.2) is 13.6 Å². The molecule has 0 aromatic heterocycles. The van der Waals surface area contributed by atoms with E-state index >= 15 is 0 Å². The summed E-state index contributed by atoms with van der Waals surface area (Å²) in [6, 6.07) is 15.9. The van der Waals surface area contributed by atoms with Gasteiger partial charge in [0.05, 0.1) is 17.6 Å². The molecule has 4 rings (SSSR count). The minimum atomic E-state index is -3.65. The van der Waals surface area contributed by atoms with Crippen molar-refractivity contribution in [2.24, 2.45) is 5.14 Å². The Kier molecular flexibility index (Phi) is 10.1. The smallest absolute Gasteiger partial charge is 0.238 e. The molecule has 0 amide bonds. The van der Waals surface area contributed by atoms with Gasteiger partial charge >= 0.3 is 0 Å². The van der Waals surface area contributed by atoms with Crippen LogP contribution < -0.4 is 10.0 Å². The van der Waals surface area contributed by atoms with Crippen molar-refractivity contribution in [2.45, 2.75) is 50.7 Å². The zero-order chi connectivity index (χ0) is 25.3. The first kappa shape index (κ1) is 27.1. The lowest BCUT2D eigenvalue weighted by molar-refractivity contribution is 0.0255. The molecule has 0 bridgehead atoms. The van der Waals surface area contributed by atoms with Crippen LogP contribution in [0.25, 0.3) is 0 Å². The lowest BCUT2D eigenvalue weighted by Crippen LogP contribution is -2.52. The number of sulfonamides is 1. The maximum Gasteiger partial charge on any atom is 0.238 e. The van der Waals surface area contributed by atoms with Gasteiger partial charge in [-0.05, 0) is 69.0 Å². The molecule has 2 unspecified atom stereocenters. The quantitative estimate of drug-likeness (QED) is 0.586. The molecular formula is C28H39N3O3S. The van der Waals surface area contributed by atoms with Gasteiger partial charge in [-0.2, -0.15) is 0 Å². The highest BCUT2D eigenvalue weighted by molar-refractivity contribution is 7.89. The molecular weight excluding hydrogens is 458 g/mol. The van der Waals surface area contributed by atoms with Crippen LogP contribution in [0, 0.1) is 0 Å². The van der Waals surface area contributed by atoms with Gasteiger partial charge in [0.25, 0.3) is 0 Å². The molecule has 6 nitrogen and oxygen atoms in total. The number of allylic oxidation sites excluding steroid dienone is 4. The summed E-state index contributed by atoms with van der Waals surface area (Å²) in [5.74, 6) is 0. The largest absolute Gasteiger partial charge is 0.373 e. The predicted molar refractivity (Wildman–Crippen MR) is 144 cm³/mol. The van der Waals surface area contributed by atoms with Gasteiger partial charge in [0.15, 0.2) is 0 Å². The Labute approximate surface area is 211 Å². The molecule has 2 aliphatic heterocycles. The van der Waals surface area contributed by atoms with E-state index in [1.54, 1.807) is 12.1 Å². The van der Waals surface area contributed by atoms with E-state index in [0.717, 1.165) is 51.3 Å². The molecule has 190 valence electrons. The van der Waals surface area contributed by atoms with Crippen molar-refractivity contribution >= 4 is 15.7 Å². The molecule has 1 fully saturated rings. The number of benzene rings is 2. The first-order valence-corrected chi connectivity index (χ1v) is 13.9. The maximum absolute atomic E-state index is 11.4. The first-order valence-electron chi connectivity index (χ1n) is 12.4. The van der Waals surface area contributed by atoms with Crippen LogP contribution in [0.2, 0.25) is 0 Å². The van der Waals surface area contributed by atoms with Gasteiger partial charge < -0.3 is 9.64 Å². The molecule has 2 aromatic rings. The Balaban J connectivity index is 0.000000509. The second-order valence-corrected chi connectivity index (χ2v) is 10.6. The summed E-state index contributed by atoms with van der Waals surface area (Å²) >= 11 is 0. The molecule has 2 aliphatic rings. The van der Waals surface area contributed by atoms with E-state index < -0.39 is 10.0 Å². The molecule has 35 heavy (non-hydrogen) atoms. The Bertz CT molecular complexity index is 1090. The van der Waals surface area contributed by atoms with E-state index in [0.29, 0.717) is 6.04 Å². The van der Waals surface area contributed by atoms with Gasteiger partial charge in [-0.1, -0.05) is 48.6 Å². The predicted octanol–water partition coefficient (Wildman–Crippen LogP) is 4.69. The Morgan fingerprint density at radius 1 is 1.03 bits per heavy atom. The van der Waals surface area contributed by atoms with Crippen LogP contribution in [0.3, 0.4) is 0 Å². The summed E-state index contributed by atoms with van der Waals surface area (Å²) in [5.41, 5.74) is 3.80. The fourth-order valence-electron chi connectivity index (χ4n) is 4.63. The average molecular weight is 498 g/mol. The van der Waals surface area contributed by atoms with Crippen LogP contribution in [0.4, 0.5) is 5.69 Å². The Morgan fingerprint density at radius 3 is 2.34 bits per heavy atom. The van der Waals surface area contributed by atoms with Gasteiger partial charge in [0.2, 0.25) is 10.0 Å². The van der Waals surface area contributed by atoms with Crippen LogP contribution in [0.1, 0.15) is 44.4 Å². The first-order chi connectivity index (χ1) is 16.8. The summed E-state index contributed by atoms with van der Waals surface area (Å²) in [5, 5.41) is 5.19. The molecule has 0 radical (unpaired) electrons. The fraction of sp³-hybridized carbons (Fsp3) is 0.429. The molecule has 1 saturated heterocycles. The number of hydrogen-bond donors (Lipinski definition) is 1. The highest BCUT2D eigenvalue weighted by atomic mass is 32.2. The summed E-state index contributed by atoms with van der Waals surface area (Å²) in [6.07, 6.45) is 10.2. The van der Waals surface area contributed by atoms with Crippen molar-refractivity contribution in [3.8, 4) is 0 Å². The van der Waals surface area contributed by atoms with E-state index in [-0.39, 0.29) is 11.0 Å². The van der Waals surface area contributed by atoms with E-state index in [9.17, 15) is 8.42 Å². The summed E-state index contributed by atoms with van der Waals surface area (Å²) < 4.78 is 28.9. The SMILES string of the molecule is C/C=C\C=C/C.CC1CN(c2ccc(S(N)(=O)=O)cc2)CCN1CCC1OCCc2ccccc21. The highest BCUT2D eigenvalue weighted by Gasteiger charge is 2.26. The van der Waals surface area contributed by atoms with Gasteiger partial charge in [0, 0.05) is 37.9 Å². The second kappa shape index (κ2) is 13.0. The van der Waals surface area contributed by atoms with Gasteiger partial charge in [-0.15, -0.1) is 0 Å². The molecule has 0 aliphatic carbocycles. The van der Waals surface area contributed by atoms with E-state index in [1.807, 2.05) is 50.3 Å². The molecule has 7 heteroatoms. The number of piperazine rings is 1. The van der Waals surface area contributed by atoms with Crippen LogP contribution in [-0.2, 0) is 21.2 Å². The summed E-state index contributed by atoms with van der Waals surface area (Å²) in [6.45, 7) is 10.9. The third-order valence-electron chi connectivity index (χ3n) is 6.56. The lowest BCUT2D eigenvalue weighted by Gasteiger charge is -2.41. The summed E-state index contributed by atoms with van der Waals surface area (Å²) in [7, 11) is -3.65. The van der Waals surface area contributed by atoms with Crippen LogP contribution in [-0.4, -0.2) is 52.1 Å². The molecule has 2 N–H and O–H groups in total. The van der Waals surface area contributed by atoms with Gasteiger partial charge in [-0.3, -0.25) is 4.90 Å². The van der Waals surface area contributed by atoms with Crippen molar-refractivity contribution in [1.82, 2.24) is 4.90 Å². The van der Waals surface area contributed by atoms with Crippen LogP contribution in [0.15, 0.2) is 77.7 Å². The number of rotatable bonds is 6. The highest BCUT2D eigenvalue weighted by Crippen LogP contribution is 2.30. The third kappa shape index (κ3) is 7.77. The van der Waals surface area contributed by atoms with Crippen molar-refractivity contribution in [2.75, 3.05) is 37.7 Å². The van der Waals surface area contributed by atoms with Crippen molar-refractivity contribution in [1.29, 1.82) is 0 Å². The van der Waals surface area contributed by atoms with E-state index in [2.05, 4.69) is 41.0 Å². The van der Waals surface area contributed by atoms with Gasteiger partial charge in [0.1, 0.15) is 0 Å². The number of fused-ring (bicyclic) bond motifs is 1. The number of nitrogens with two attached hydrogens (primary N) is 1. The van der Waals surface area contributed by atoms with Crippen molar-refractivity contribution in [3.63, 3.8) is 0 Å². The minimum Gasteiger partial charge on any atom is -0.373 e. The molecule has 0 saturated carbocycles. The number of anilines is 1. The molecule has 2 aromatic carbocycles. The number of hydrogen-bond acceptors (Lipinski definition) is 5. The topological polar surface area (TPSA) is 75.9 Å². The number of ether oxygens (including phenoxy) is 1. The minimum absolute atomic E-state index is 0.153. The van der Waals surface area contributed by atoms with Crippen LogP contribution >= 0.6 is 0 Å². The zero-order valence-corrected chi connectivity index (χ0v) is 22.0. The standard InChI is InChI=1S/C22H29N3O3S.C6H10/c1-17-16-25(19-6-8-20(9-7-19)29(23,26)27)14-13-24(17)12-10-22-21-5-3-2-4-18(21)11-15-28-22;1-3-5-6-4-2/h2-9,17,22H,10-16H2,1H3,(H2,23,26,27);3-6H,1-2H3/b;5-3-,6-4-. The molecule has 2 atom stereocenters. The van der Waals surface area contributed by atoms with E-state index in [4.69, 9.17) is 9.88 Å². The van der Waals surface area contributed by atoms with Crippen molar-refractivity contribution < 1.29 is 13.2 Å².